The Balaban J connectivity index is 2.51. The minimum absolute atomic E-state index is 0.0314. The second-order valence-corrected chi connectivity index (χ2v) is 3.95. The molecule has 0 saturated carbocycles. The molecule has 0 aliphatic heterocycles. The third-order valence-electron chi connectivity index (χ3n) is 2.89. The van der Waals surface area contributed by atoms with Crippen LogP contribution in [-0.2, 0) is 0 Å². The van der Waals surface area contributed by atoms with E-state index in [9.17, 15) is 19.4 Å². The van der Waals surface area contributed by atoms with Crippen molar-refractivity contribution in [2.45, 2.75) is 18.2 Å². The number of aliphatic hydroxyl groups excluding tert-OH is 3. The van der Waals surface area contributed by atoms with Gasteiger partial charge in [-0.25, -0.2) is 9.18 Å². The van der Waals surface area contributed by atoms with Gasteiger partial charge in [0, 0.05) is 11.8 Å². The van der Waals surface area contributed by atoms with E-state index in [1.54, 1.807) is 0 Å². The lowest BCUT2D eigenvalue weighted by molar-refractivity contribution is 0.0244. The highest BCUT2D eigenvalue weighted by Gasteiger charge is 2.43. The van der Waals surface area contributed by atoms with Crippen molar-refractivity contribution in [3.05, 3.63) is 34.1 Å². The van der Waals surface area contributed by atoms with Crippen molar-refractivity contribution in [3.63, 3.8) is 0 Å². The van der Waals surface area contributed by atoms with Crippen LogP contribution in [0.4, 0.5) is 10.2 Å². The summed E-state index contributed by atoms with van der Waals surface area (Å²) in [4.78, 5) is 15.0. The molecule has 3 atom stereocenters. The molecule has 1 aromatic heterocycles. The van der Waals surface area contributed by atoms with Gasteiger partial charge in [-0.05, 0) is 6.07 Å². The Bertz CT molecular complexity index is 556. The number of hydrogen-bond donors (Lipinski definition) is 4. The van der Waals surface area contributed by atoms with E-state index in [1.807, 2.05) is 0 Å². The summed E-state index contributed by atoms with van der Waals surface area (Å²) in [5, 5.41) is 28.2. The molecule has 0 fully saturated rings. The molecule has 0 bridgehead atoms. The predicted molar refractivity (Wildman–Crippen MR) is 59.2 cm³/mol. The molecule has 5 N–H and O–H groups in total. The molecule has 0 amide bonds. The molecule has 98 valence electrons. The van der Waals surface area contributed by atoms with Gasteiger partial charge >= 0.3 is 5.69 Å². The molecular weight excluding hydrogens is 245 g/mol. The van der Waals surface area contributed by atoms with Crippen LogP contribution in [0.2, 0.25) is 0 Å². The zero-order chi connectivity index (χ0) is 13.4. The maximum atomic E-state index is 13.9. The number of nitrogen functional groups attached to an aromatic ring is 1. The van der Waals surface area contributed by atoms with Gasteiger partial charge in [-0.2, -0.15) is 4.98 Å². The summed E-state index contributed by atoms with van der Waals surface area (Å²) in [6.07, 6.45) is -1.94. The summed E-state index contributed by atoms with van der Waals surface area (Å²) in [7, 11) is 0. The topological polar surface area (TPSA) is 122 Å². The number of nitrogens with two attached hydrogens (primary N) is 1. The van der Waals surface area contributed by atoms with Gasteiger partial charge in [-0.1, -0.05) is 0 Å². The Morgan fingerprint density at radius 2 is 2.17 bits per heavy atom. The van der Waals surface area contributed by atoms with Gasteiger partial charge in [0.05, 0.1) is 6.61 Å². The summed E-state index contributed by atoms with van der Waals surface area (Å²) < 4.78 is 14.7. The zero-order valence-corrected chi connectivity index (χ0v) is 9.19. The van der Waals surface area contributed by atoms with E-state index in [0.29, 0.717) is 0 Å². The molecule has 7 nitrogen and oxygen atoms in total. The maximum absolute atomic E-state index is 13.9. The molecule has 8 heteroatoms. The molecule has 0 radical (unpaired) electrons. The maximum Gasteiger partial charge on any atom is 0.350 e. The molecule has 0 saturated heterocycles. The average molecular weight is 257 g/mol. The van der Waals surface area contributed by atoms with Crippen molar-refractivity contribution in [1.82, 2.24) is 9.55 Å². The first-order valence-corrected chi connectivity index (χ1v) is 5.17. The van der Waals surface area contributed by atoms with Gasteiger partial charge in [-0.15, -0.1) is 0 Å². The van der Waals surface area contributed by atoms with E-state index < -0.39 is 36.4 Å². The molecule has 1 heterocycles. The third-order valence-corrected chi connectivity index (χ3v) is 2.89. The fourth-order valence-corrected chi connectivity index (χ4v) is 1.95. The summed E-state index contributed by atoms with van der Waals surface area (Å²) in [5.41, 5.74) is 4.11. The van der Waals surface area contributed by atoms with Gasteiger partial charge in [0.2, 0.25) is 0 Å². The van der Waals surface area contributed by atoms with Crippen LogP contribution in [-0.4, -0.2) is 43.7 Å². The Morgan fingerprint density at radius 3 is 2.67 bits per heavy atom. The van der Waals surface area contributed by atoms with E-state index >= 15 is 0 Å². The fraction of sp³-hybridized carbons (Fsp3) is 0.400. The second-order valence-electron chi connectivity index (χ2n) is 3.95. The predicted octanol–water partition coefficient (Wildman–Crippen LogP) is -1.68. The highest BCUT2D eigenvalue weighted by Crippen LogP contribution is 2.36. The minimum atomic E-state index is -1.56. The molecular formula is C10H12FN3O4. The van der Waals surface area contributed by atoms with E-state index in [2.05, 4.69) is 4.98 Å². The van der Waals surface area contributed by atoms with Crippen LogP contribution in [0.25, 0.3) is 0 Å². The lowest BCUT2D eigenvalue weighted by Crippen LogP contribution is -2.36. The van der Waals surface area contributed by atoms with Gasteiger partial charge in [-0.3, -0.25) is 4.57 Å². The van der Waals surface area contributed by atoms with Crippen LogP contribution in [0.15, 0.2) is 28.5 Å². The van der Waals surface area contributed by atoms with Crippen molar-refractivity contribution in [2.24, 2.45) is 0 Å². The van der Waals surface area contributed by atoms with Crippen LogP contribution >= 0.6 is 0 Å². The van der Waals surface area contributed by atoms with Crippen molar-refractivity contribution in [2.75, 3.05) is 12.3 Å². The Hall–Kier alpha value is -1.77. The molecule has 18 heavy (non-hydrogen) atoms. The molecule has 0 spiro atoms. The largest absolute Gasteiger partial charge is 0.392 e. The first kappa shape index (κ1) is 12.7. The second kappa shape index (κ2) is 4.48. The van der Waals surface area contributed by atoms with E-state index in [-0.39, 0.29) is 11.4 Å². The Morgan fingerprint density at radius 1 is 1.50 bits per heavy atom. The normalized spacial score (nSPS) is 27.9. The zero-order valence-electron chi connectivity index (χ0n) is 9.19. The van der Waals surface area contributed by atoms with E-state index in [1.165, 1.54) is 12.3 Å². The lowest BCUT2D eigenvalue weighted by Gasteiger charge is -2.19. The molecule has 3 unspecified atom stereocenters. The van der Waals surface area contributed by atoms with Crippen molar-refractivity contribution in [3.8, 4) is 0 Å². The smallest absolute Gasteiger partial charge is 0.350 e. The first-order chi connectivity index (χ1) is 8.47. The van der Waals surface area contributed by atoms with E-state index in [0.717, 1.165) is 4.57 Å². The lowest BCUT2D eigenvalue weighted by atomic mass is 10.1. The Kier molecular flexibility index (Phi) is 3.16. The number of aliphatic hydroxyl groups is 3. The van der Waals surface area contributed by atoms with Crippen LogP contribution < -0.4 is 11.4 Å². The standard InChI is InChI=1S/C10H12FN3O4/c11-6-4(3-15)8(16)9(17)7(6)14-2-1-5(12)13-10(14)18/h1-2,7-9,15-17H,3H2,(H2,12,13,18). The third kappa shape index (κ3) is 1.80. The fourth-order valence-electron chi connectivity index (χ4n) is 1.95. The van der Waals surface area contributed by atoms with Crippen molar-refractivity contribution >= 4 is 5.82 Å². The summed E-state index contributed by atoms with van der Waals surface area (Å²) in [5.74, 6) is -0.970. The quantitative estimate of drug-likeness (QED) is 0.502. The van der Waals surface area contributed by atoms with Crippen molar-refractivity contribution in [1.29, 1.82) is 0 Å². The number of anilines is 1. The molecule has 2 rings (SSSR count). The van der Waals surface area contributed by atoms with Gasteiger partial charge < -0.3 is 21.1 Å². The number of aromatic nitrogens is 2. The monoisotopic (exact) mass is 257 g/mol. The molecule has 0 aromatic carbocycles. The highest BCUT2D eigenvalue weighted by atomic mass is 19.1. The summed E-state index contributed by atoms with van der Waals surface area (Å²) in [6.45, 7) is -0.738. The number of hydrogen-bond acceptors (Lipinski definition) is 6. The number of halogens is 1. The van der Waals surface area contributed by atoms with Gasteiger partial charge in [0.1, 0.15) is 29.9 Å². The number of nitrogens with zero attached hydrogens (tertiary/aromatic N) is 2. The summed E-state index contributed by atoms with van der Waals surface area (Å²) >= 11 is 0. The van der Waals surface area contributed by atoms with Crippen LogP contribution in [0.5, 0.6) is 0 Å². The van der Waals surface area contributed by atoms with Gasteiger partial charge in [0.25, 0.3) is 0 Å². The molecule has 1 aliphatic rings. The molecule has 1 aliphatic carbocycles. The van der Waals surface area contributed by atoms with E-state index in [4.69, 9.17) is 10.8 Å². The van der Waals surface area contributed by atoms with Crippen LogP contribution in [0.3, 0.4) is 0 Å². The average Bonchev–Trinajstić information content (AvgIpc) is 2.52. The first-order valence-electron chi connectivity index (χ1n) is 5.17. The SMILES string of the molecule is Nc1ccn(C2C(F)=C(CO)C(O)C2O)c(=O)n1. The van der Waals surface area contributed by atoms with Crippen molar-refractivity contribution < 1.29 is 19.7 Å². The molecule has 1 aromatic rings. The number of rotatable bonds is 2. The summed E-state index contributed by atoms with van der Waals surface area (Å²) in [6, 6.07) is -0.132. The minimum Gasteiger partial charge on any atom is -0.392 e. The Labute approximate surface area is 101 Å². The highest BCUT2D eigenvalue weighted by molar-refractivity contribution is 5.30. The van der Waals surface area contributed by atoms with Gasteiger partial charge in [0.15, 0.2) is 0 Å². The van der Waals surface area contributed by atoms with Crippen LogP contribution in [0.1, 0.15) is 6.04 Å². The van der Waals surface area contributed by atoms with Crippen LogP contribution in [0, 0.1) is 0 Å².